The average molecular weight is 337 g/mol. The quantitative estimate of drug-likeness (QED) is 0.866. The summed E-state index contributed by atoms with van der Waals surface area (Å²) < 4.78 is 27.5. The summed E-state index contributed by atoms with van der Waals surface area (Å²) in [6, 6.07) is 1.92. The van der Waals surface area contributed by atoms with Crippen LogP contribution >= 0.6 is 15.9 Å². The normalized spacial score (nSPS) is 15.0. The van der Waals surface area contributed by atoms with Gasteiger partial charge >= 0.3 is 0 Å². The minimum absolute atomic E-state index is 0.0867. The Hall–Kier alpha value is -0.950. The molecule has 1 aliphatic carbocycles. The van der Waals surface area contributed by atoms with Crippen molar-refractivity contribution in [2.45, 2.75) is 25.3 Å². The summed E-state index contributed by atoms with van der Waals surface area (Å²) in [5.74, 6) is -0.466. The first-order valence-electron chi connectivity index (χ1n) is 6.08. The van der Waals surface area contributed by atoms with Crippen LogP contribution in [0, 0.1) is 0 Å². The molecule has 7 heteroatoms. The van der Waals surface area contributed by atoms with Gasteiger partial charge in [0.1, 0.15) is 5.69 Å². The molecular formula is C12H15BrF2N2O2. The van der Waals surface area contributed by atoms with E-state index in [1.165, 1.54) is 0 Å². The van der Waals surface area contributed by atoms with Gasteiger partial charge in [0.15, 0.2) is 0 Å². The molecule has 1 aliphatic rings. The van der Waals surface area contributed by atoms with Gasteiger partial charge in [-0.05, 0) is 34.8 Å². The van der Waals surface area contributed by atoms with Crippen LogP contribution in [0.5, 0.6) is 0 Å². The predicted octanol–water partition coefficient (Wildman–Crippen LogP) is 2.29. The fourth-order valence-electron chi connectivity index (χ4n) is 2.00. The third-order valence-corrected chi connectivity index (χ3v) is 3.42. The van der Waals surface area contributed by atoms with Crippen molar-refractivity contribution in [1.82, 2.24) is 9.47 Å². The maximum Gasteiger partial charge on any atom is 0.270 e. The lowest BCUT2D eigenvalue weighted by Gasteiger charge is -2.22. The summed E-state index contributed by atoms with van der Waals surface area (Å²) in [7, 11) is 0. The van der Waals surface area contributed by atoms with Crippen LogP contribution in [0.15, 0.2) is 16.7 Å². The molecule has 0 radical (unpaired) electrons. The molecule has 0 saturated heterocycles. The zero-order chi connectivity index (χ0) is 14.0. The fraction of sp³-hybridized carbons (Fsp3) is 0.583. The first-order chi connectivity index (χ1) is 9.02. The lowest BCUT2D eigenvalue weighted by molar-refractivity contribution is 0.0500. The number of carbonyl (C=O) groups is 1. The molecular weight excluding hydrogens is 322 g/mol. The molecule has 0 bridgehead atoms. The Morgan fingerprint density at radius 2 is 2.26 bits per heavy atom. The number of alkyl halides is 2. The first-order valence-corrected chi connectivity index (χ1v) is 6.88. The van der Waals surface area contributed by atoms with Crippen LogP contribution in [0.4, 0.5) is 8.78 Å². The van der Waals surface area contributed by atoms with Gasteiger partial charge < -0.3 is 14.6 Å². The third kappa shape index (κ3) is 3.54. The largest absolute Gasteiger partial charge is 0.395 e. The number of carbonyl (C=O) groups excluding carboxylic acids is 1. The Kier molecular flexibility index (Phi) is 4.57. The first kappa shape index (κ1) is 14.5. The molecule has 1 aromatic heterocycles. The topological polar surface area (TPSA) is 45.5 Å². The van der Waals surface area contributed by atoms with Gasteiger partial charge in [0.05, 0.1) is 13.2 Å². The van der Waals surface area contributed by atoms with Crippen molar-refractivity contribution in [3.8, 4) is 0 Å². The molecule has 0 atom stereocenters. The van der Waals surface area contributed by atoms with Crippen LogP contribution in [0.1, 0.15) is 29.4 Å². The Morgan fingerprint density at radius 1 is 1.58 bits per heavy atom. The van der Waals surface area contributed by atoms with Crippen LogP contribution in [-0.2, 0) is 0 Å². The van der Waals surface area contributed by atoms with Gasteiger partial charge in [-0.2, -0.15) is 0 Å². The summed E-state index contributed by atoms with van der Waals surface area (Å²) in [5.41, 5.74) is 0.392. The molecule has 2 rings (SSSR count). The molecule has 1 heterocycles. The predicted molar refractivity (Wildman–Crippen MR) is 69.4 cm³/mol. The van der Waals surface area contributed by atoms with Crippen molar-refractivity contribution < 1.29 is 18.7 Å². The molecule has 0 aromatic carbocycles. The number of hydrogen-bond acceptors (Lipinski definition) is 2. The van der Waals surface area contributed by atoms with E-state index in [1.54, 1.807) is 12.3 Å². The number of aromatic nitrogens is 1. The van der Waals surface area contributed by atoms with E-state index in [1.807, 2.05) is 4.57 Å². The van der Waals surface area contributed by atoms with E-state index in [4.69, 9.17) is 5.11 Å². The highest BCUT2D eigenvalue weighted by Gasteiger charge is 2.30. The van der Waals surface area contributed by atoms with Gasteiger partial charge in [0.2, 0.25) is 0 Å². The van der Waals surface area contributed by atoms with Crippen molar-refractivity contribution >= 4 is 21.8 Å². The molecule has 0 aliphatic heterocycles. The average Bonchev–Trinajstić information content (AvgIpc) is 3.10. The number of hydrogen-bond donors (Lipinski definition) is 1. The third-order valence-electron chi connectivity index (χ3n) is 2.99. The number of nitrogens with zero attached hydrogens (tertiary/aromatic N) is 2. The van der Waals surface area contributed by atoms with Crippen LogP contribution in [0.2, 0.25) is 0 Å². The second kappa shape index (κ2) is 6.00. The van der Waals surface area contributed by atoms with Gasteiger partial charge in [-0.25, -0.2) is 8.78 Å². The lowest BCUT2D eigenvalue weighted by atomic mass is 10.3. The van der Waals surface area contributed by atoms with Crippen molar-refractivity contribution in [2.75, 3.05) is 19.7 Å². The molecule has 1 saturated carbocycles. The van der Waals surface area contributed by atoms with E-state index < -0.39 is 18.9 Å². The molecule has 19 heavy (non-hydrogen) atoms. The highest BCUT2D eigenvalue weighted by atomic mass is 79.9. The summed E-state index contributed by atoms with van der Waals surface area (Å²) >= 11 is 3.30. The van der Waals surface area contributed by atoms with Gasteiger partial charge in [0.25, 0.3) is 12.3 Å². The Bertz CT molecular complexity index is 461. The van der Waals surface area contributed by atoms with Gasteiger partial charge in [-0.1, -0.05) is 0 Å². The maximum absolute atomic E-state index is 12.5. The number of amides is 1. The highest BCUT2D eigenvalue weighted by Crippen LogP contribution is 2.37. The molecule has 1 fully saturated rings. The maximum atomic E-state index is 12.5. The van der Waals surface area contributed by atoms with Gasteiger partial charge in [0, 0.05) is 23.3 Å². The smallest absolute Gasteiger partial charge is 0.270 e. The molecule has 106 valence electrons. The summed E-state index contributed by atoms with van der Waals surface area (Å²) in [6.07, 6.45) is 1.18. The number of rotatable bonds is 6. The van der Waals surface area contributed by atoms with Crippen molar-refractivity contribution in [2.24, 2.45) is 0 Å². The highest BCUT2D eigenvalue weighted by molar-refractivity contribution is 9.10. The van der Waals surface area contributed by atoms with Crippen LogP contribution < -0.4 is 0 Å². The second-order valence-corrected chi connectivity index (χ2v) is 5.46. The minimum Gasteiger partial charge on any atom is -0.395 e. The molecule has 1 aromatic rings. The molecule has 1 N–H and O–H groups in total. The zero-order valence-electron chi connectivity index (χ0n) is 10.2. The van der Waals surface area contributed by atoms with E-state index >= 15 is 0 Å². The minimum atomic E-state index is -2.61. The van der Waals surface area contributed by atoms with Gasteiger partial charge in [-0.15, -0.1) is 0 Å². The Labute approximate surface area is 118 Å². The van der Waals surface area contributed by atoms with E-state index in [9.17, 15) is 13.6 Å². The van der Waals surface area contributed by atoms with Crippen LogP contribution in [-0.4, -0.2) is 46.6 Å². The van der Waals surface area contributed by atoms with Crippen molar-refractivity contribution in [3.63, 3.8) is 0 Å². The number of aliphatic hydroxyl groups is 1. The van der Waals surface area contributed by atoms with Crippen LogP contribution in [0.3, 0.4) is 0 Å². The summed E-state index contributed by atoms with van der Waals surface area (Å²) in [4.78, 5) is 13.3. The second-order valence-electron chi connectivity index (χ2n) is 4.55. The zero-order valence-corrected chi connectivity index (χ0v) is 11.8. The van der Waals surface area contributed by atoms with Crippen LogP contribution in [0.25, 0.3) is 0 Å². The van der Waals surface area contributed by atoms with E-state index in [0.29, 0.717) is 5.69 Å². The number of halogens is 3. The molecule has 0 unspecified atom stereocenters. The van der Waals surface area contributed by atoms with Crippen molar-refractivity contribution in [1.29, 1.82) is 0 Å². The van der Waals surface area contributed by atoms with Crippen molar-refractivity contribution in [3.05, 3.63) is 22.4 Å². The SMILES string of the molecule is O=C(c1cc(Br)cn1C1CC1)N(CCO)CC(F)F. The van der Waals surface area contributed by atoms with E-state index in [-0.39, 0.29) is 19.2 Å². The Balaban J connectivity index is 2.20. The van der Waals surface area contributed by atoms with E-state index in [0.717, 1.165) is 22.2 Å². The van der Waals surface area contributed by atoms with E-state index in [2.05, 4.69) is 15.9 Å². The summed E-state index contributed by atoms with van der Waals surface area (Å²) in [6.45, 7) is -1.08. The molecule has 4 nitrogen and oxygen atoms in total. The number of aliphatic hydroxyl groups excluding tert-OH is 1. The monoisotopic (exact) mass is 336 g/mol. The molecule has 1 amide bonds. The Morgan fingerprint density at radius 3 is 2.79 bits per heavy atom. The summed E-state index contributed by atoms with van der Waals surface area (Å²) in [5, 5.41) is 8.89. The van der Waals surface area contributed by atoms with Gasteiger partial charge in [-0.3, -0.25) is 4.79 Å². The fourth-order valence-corrected chi connectivity index (χ4v) is 2.43. The standard InChI is InChI=1S/C12H15BrF2N2O2/c13-8-5-10(17(6-8)9-1-2-9)12(19)16(3-4-18)7-11(14)15/h5-6,9,11,18H,1-4,7H2. The lowest BCUT2D eigenvalue weighted by Crippen LogP contribution is -2.38. The molecule has 0 spiro atoms.